The number of halogens is 2. The Hall–Kier alpha value is -1.79. The van der Waals surface area contributed by atoms with Gasteiger partial charge < -0.3 is 0 Å². The van der Waals surface area contributed by atoms with Gasteiger partial charge in [0.25, 0.3) is 0 Å². The molecule has 19 heavy (non-hydrogen) atoms. The highest BCUT2D eigenvalue weighted by Gasteiger charge is 2.14. The van der Waals surface area contributed by atoms with Crippen molar-refractivity contribution in [2.24, 2.45) is 0 Å². The maximum Gasteiger partial charge on any atom is 0.183 e. The molecule has 5 nitrogen and oxygen atoms in total. The average molecular weight is 337 g/mol. The van der Waals surface area contributed by atoms with Crippen molar-refractivity contribution in [3.63, 3.8) is 0 Å². The zero-order chi connectivity index (χ0) is 13.2. The fourth-order valence-electron chi connectivity index (χ4n) is 1.63. The molecule has 0 saturated carbocycles. The minimum absolute atomic E-state index is 0.340. The lowest BCUT2D eigenvalue weighted by molar-refractivity contribution is 0.938. The Morgan fingerprint density at radius 3 is 2.58 bits per heavy atom. The van der Waals surface area contributed by atoms with E-state index < -0.39 is 0 Å². The highest BCUT2D eigenvalue weighted by atomic mass is 79.9. The van der Waals surface area contributed by atoms with Crippen LogP contribution in [0.15, 0.2) is 41.0 Å². The maximum atomic E-state index is 6.13. The standard InChI is InChI=1S/C12H7BrClN5/c13-9-10(7-4-2-1-3-5-7)16-12(17-11(9)14)8-6-15-19-18-8/h1-6H,(H,15,18,19). The summed E-state index contributed by atoms with van der Waals surface area (Å²) in [5.74, 6) is 0.431. The number of aromatic nitrogens is 5. The molecule has 1 N–H and O–H groups in total. The van der Waals surface area contributed by atoms with Gasteiger partial charge in [-0.05, 0) is 15.9 Å². The molecule has 1 aromatic carbocycles. The smallest absolute Gasteiger partial charge is 0.183 e. The van der Waals surface area contributed by atoms with Crippen LogP contribution in [0.5, 0.6) is 0 Å². The van der Waals surface area contributed by atoms with E-state index in [0.29, 0.717) is 21.1 Å². The first-order valence-corrected chi connectivity index (χ1v) is 6.57. The molecule has 0 unspecified atom stereocenters. The van der Waals surface area contributed by atoms with Crippen LogP contribution in [0.1, 0.15) is 0 Å². The summed E-state index contributed by atoms with van der Waals surface area (Å²) in [6.45, 7) is 0. The zero-order valence-electron chi connectivity index (χ0n) is 9.51. The van der Waals surface area contributed by atoms with Gasteiger partial charge in [0.1, 0.15) is 10.8 Å². The summed E-state index contributed by atoms with van der Waals surface area (Å²) in [5, 5.41) is 10.6. The predicted octanol–water partition coefficient (Wildman–Crippen LogP) is 3.34. The lowest BCUT2D eigenvalue weighted by atomic mass is 10.1. The minimum atomic E-state index is 0.340. The fraction of sp³-hybridized carbons (Fsp3) is 0. The fourth-order valence-corrected chi connectivity index (χ4v) is 2.21. The summed E-state index contributed by atoms with van der Waals surface area (Å²) in [5.41, 5.74) is 2.22. The number of hydrogen-bond acceptors (Lipinski definition) is 4. The normalized spacial score (nSPS) is 10.6. The van der Waals surface area contributed by atoms with E-state index in [9.17, 15) is 0 Å². The van der Waals surface area contributed by atoms with Gasteiger partial charge in [0, 0.05) is 5.56 Å². The molecule has 2 heterocycles. The SMILES string of the molecule is Clc1nc(-c2cn[nH]n2)nc(-c2ccccc2)c1Br. The van der Waals surface area contributed by atoms with Crippen LogP contribution in [-0.4, -0.2) is 25.4 Å². The predicted molar refractivity (Wildman–Crippen MR) is 75.6 cm³/mol. The van der Waals surface area contributed by atoms with E-state index in [2.05, 4.69) is 41.3 Å². The molecule has 0 atom stereocenters. The summed E-state index contributed by atoms with van der Waals surface area (Å²) in [7, 11) is 0. The van der Waals surface area contributed by atoms with E-state index in [1.807, 2.05) is 30.3 Å². The molecule has 94 valence electrons. The van der Waals surface area contributed by atoms with Gasteiger partial charge in [-0.3, -0.25) is 0 Å². The van der Waals surface area contributed by atoms with E-state index in [0.717, 1.165) is 11.3 Å². The first kappa shape index (κ1) is 12.3. The van der Waals surface area contributed by atoms with Crippen LogP contribution >= 0.6 is 27.5 Å². The molecule has 0 bridgehead atoms. The highest BCUT2D eigenvalue weighted by Crippen LogP contribution is 2.32. The molecule has 2 aromatic heterocycles. The van der Waals surface area contributed by atoms with Crippen molar-refractivity contribution >= 4 is 27.5 Å². The summed E-state index contributed by atoms with van der Waals surface area (Å²) in [6.07, 6.45) is 1.55. The summed E-state index contributed by atoms with van der Waals surface area (Å²) in [6, 6.07) is 9.73. The minimum Gasteiger partial charge on any atom is -0.225 e. The molecular formula is C12H7BrClN5. The number of nitrogens with zero attached hydrogens (tertiary/aromatic N) is 4. The van der Waals surface area contributed by atoms with Crippen molar-refractivity contribution in [2.45, 2.75) is 0 Å². The highest BCUT2D eigenvalue weighted by molar-refractivity contribution is 9.10. The zero-order valence-corrected chi connectivity index (χ0v) is 11.9. The summed E-state index contributed by atoms with van der Waals surface area (Å²) in [4.78, 5) is 8.67. The Kier molecular flexibility index (Phi) is 3.27. The van der Waals surface area contributed by atoms with Crippen LogP contribution in [0.4, 0.5) is 0 Å². The number of H-pyrrole nitrogens is 1. The molecule has 3 aromatic rings. The summed E-state index contributed by atoms with van der Waals surface area (Å²) < 4.78 is 0.660. The Labute approximate surface area is 122 Å². The molecule has 0 aliphatic carbocycles. The second-order valence-electron chi connectivity index (χ2n) is 3.72. The van der Waals surface area contributed by atoms with Crippen molar-refractivity contribution in [2.75, 3.05) is 0 Å². The molecule has 0 amide bonds. The number of rotatable bonds is 2. The van der Waals surface area contributed by atoms with Crippen molar-refractivity contribution < 1.29 is 0 Å². The van der Waals surface area contributed by atoms with Crippen LogP contribution in [0.2, 0.25) is 5.15 Å². The van der Waals surface area contributed by atoms with Crippen molar-refractivity contribution in [3.05, 3.63) is 46.2 Å². The van der Waals surface area contributed by atoms with Crippen LogP contribution in [0.25, 0.3) is 22.8 Å². The van der Waals surface area contributed by atoms with Crippen LogP contribution in [0, 0.1) is 0 Å². The first-order valence-electron chi connectivity index (χ1n) is 5.40. The van der Waals surface area contributed by atoms with Crippen molar-refractivity contribution in [3.8, 4) is 22.8 Å². The lowest BCUT2D eigenvalue weighted by Gasteiger charge is -2.06. The number of aromatic amines is 1. The molecule has 0 fully saturated rings. The van der Waals surface area contributed by atoms with E-state index in [1.54, 1.807) is 6.20 Å². The van der Waals surface area contributed by atoms with Crippen LogP contribution < -0.4 is 0 Å². The lowest BCUT2D eigenvalue weighted by Crippen LogP contribution is -1.95. The third kappa shape index (κ3) is 2.36. The van der Waals surface area contributed by atoms with Crippen molar-refractivity contribution in [1.29, 1.82) is 0 Å². The maximum absolute atomic E-state index is 6.13. The second kappa shape index (κ2) is 5.07. The largest absolute Gasteiger partial charge is 0.225 e. The Balaban J connectivity index is 2.20. The quantitative estimate of drug-likeness (QED) is 0.729. The molecular weight excluding hydrogens is 330 g/mol. The van der Waals surface area contributed by atoms with Gasteiger partial charge in [0.05, 0.1) is 16.4 Å². The number of benzene rings is 1. The Morgan fingerprint density at radius 1 is 1.11 bits per heavy atom. The molecule has 7 heteroatoms. The van der Waals surface area contributed by atoms with E-state index in [4.69, 9.17) is 11.6 Å². The van der Waals surface area contributed by atoms with E-state index >= 15 is 0 Å². The van der Waals surface area contributed by atoms with Gasteiger partial charge in [-0.25, -0.2) is 9.97 Å². The monoisotopic (exact) mass is 335 g/mol. The van der Waals surface area contributed by atoms with Gasteiger partial charge in [0.15, 0.2) is 5.82 Å². The topological polar surface area (TPSA) is 67.3 Å². The van der Waals surface area contributed by atoms with Gasteiger partial charge in [-0.15, -0.1) is 0 Å². The summed E-state index contributed by atoms with van der Waals surface area (Å²) >= 11 is 9.54. The molecule has 0 aliphatic rings. The molecule has 0 saturated heterocycles. The Morgan fingerprint density at radius 2 is 1.89 bits per heavy atom. The van der Waals surface area contributed by atoms with Gasteiger partial charge in [-0.2, -0.15) is 15.4 Å². The molecule has 3 rings (SSSR count). The van der Waals surface area contributed by atoms with Gasteiger partial charge in [-0.1, -0.05) is 41.9 Å². The number of hydrogen-bond donors (Lipinski definition) is 1. The molecule has 0 spiro atoms. The van der Waals surface area contributed by atoms with E-state index in [1.165, 1.54) is 0 Å². The second-order valence-corrected chi connectivity index (χ2v) is 4.87. The number of nitrogens with one attached hydrogen (secondary N) is 1. The van der Waals surface area contributed by atoms with Crippen LogP contribution in [-0.2, 0) is 0 Å². The van der Waals surface area contributed by atoms with Crippen molar-refractivity contribution in [1.82, 2.24) is 25.4 Å². The first-order chi connectivity index (χ1) is 9.25. The molecule has 0 aliphatic heterocycles. The van der Waals surface area contributed by atoms with Gasteiger partial charge in [0.2, 0.25) is 0 Å². The Bertz CT molecular complexity index is 700. The average Bonchev–Trinajstić information content (AvgIpc) is 2.97. The van der Waals surface area contributed by atoms with Crippen LogP contribution in [0.3, 0.4) is 0 Å². The van der Waals surface area contributed by atoms with E-state index in [-0.39, 0.29) is 0 Å². The third-order valence-corrected chi connectivity index (χ3v) is 3.76. The van der Waals surface area contributed by atoms with Gasteiger partial charge >= 0.3 is 0 Å². The molecule has 0 radical (unpaired) electrons. The third-order valence-electron chi connectivity index (χ3n) is 2.50.